The summed E-state index contributed by atoms with van der Waals surface area (Å²) in [5.41, 5.74) is 3.32. The summed E-state index contributed by atoms with van der Waals surface area (Å²) < 4.78 is 18.7. The van der Waals surface area contributed by atoms with Crippen molar-refractivity contribution < 1.29 is 19.0 Å². The number of nitrogens with one attached hydrogen (secondary N) is 1. The number of methoxy groups -OCH3 is 2. The molecule has 0 aliphatic carbocycles. The quantitative estimate of drug-likeness (QED) is 0.270. The molecular formula is C29H39N3O4. The smallest absolute Gasteiger partial charge is 0.245 e. The summed E-state index contributed by atoms with van der Waals surface area (Å²) in [6.07, 6.45) is 9.94. The Hall–Kier alpha value is -3.32. The number of allylic oxidation sites excluding steroid dienone is 1. The van der Waals surface area contributed by atoms with Gasteiger partial charge in [-0.2, -0.15) is 0 Å². The Morgan fingerprint density at radius 2 is 1.89 bits per heavy atom. The van der Waals surface area contributed by atoms with Gasteiger partial charge in [0.2, 0.25) is 5.91 Å². The van der Waals surface area contributed by atoms with Crippen LogP contribution in [0.15, 0.2) is 48.5 Å². The number of imidazole rings is 1. The molecule has 0 saturated carbocycles. The van der Waals surface area contributed by atoms with E-state index in [0.29, 0.717) is 13.2 Å². The van der Waals surface area contributed by atoms with Crippen LogP contribution in [0.4, 0.5) is 0 Å². The molecule has 1 amide bonds. The number of benzene rings is 2. The number of amides is 1. The van der Waals surface area contributed by atoms with Gasteiger partial charge in [0.25, 0.3) is 0 Å². The summed E-state index contributed by atoms with van der Waals surface area (Å²) in [5, 5.41) is 2.87. The highest BCUT2D eigenvalue weighted by molar-refractivity contribution is 5.77. The van der Waals surface area contributed by atoms with Crippen molar-refractivity contribution in [2.75, 3.05) is 34.0 Å². The van der Waals surface area contributed by atoms with E-state index in [4.69, 9.17) is 19.2 Å². The Balaban J connectivity index is 1.48. The highest BCUT2D eigenvalue weighted by Crippen LogP contribution is 2.29. The van der Waals surface area contributed by atoms with Crippen molar-refractivity contribution in [3.8, 4) is 11.5 Å². The first-order valence-electron chi connectivity index (χ1n) is 12.8. The molecule has 3 rings (SSSR count). The van der Waals surface area contributed by atoms with Crippen LogP contribution in [0.1, 0.15) is 50.4 Å². The largest absolute Gasteiger partial charge is 0.493 e. The molecule has 1 heterocycles. The van der Waals surface area contributed by atoms with E-state index >= 15 is 0 Å². The van der Waals surface area contributed by atoms with Gasteiger partial charge in [0, 0.05) is 26.6 Å². The fourth-order valence-electron chi connectivity index (χ4n) is 4.21. The molecule has 3 aromatic rings. The molecule has 0 radical (unpaired) electrons. The number of ether oxygens (including phenoxy) is 3. The van der Waals surface area contributed by atoms with E-state index in [1.165, 1.54) is 12.6 Å². The van der Waals surface area contributed by atoms with Crippen molar-refractivity contribution >= 4 is 23.0 Å². The van der Waals surface area contributed by atoms with E-state index < -0.39 is 0 Å². The van der Waals surface area contributed by atoms with Gasteiger partial charge in [0.05, 0.1) is 24.8 Å². The number of aromatic nitrogens is 2. The summed E-state index contributed by atoms with van der Waals surface area (Å²) in [6.45, 7) is 4.34. The van der Waals surface area contributed by atoms with Crippen LogP contribution in [0.2, 0.25) is 0 Å². The van der Waals surface area contributed by atoms with Crippen molar-refractivity contribution in [1.82, 2.24) is 14.9 Å². The van der Waals surface area contributed by atoms with Crippen molar-refractivity contribution in [2.45, 2.75) is 52.0 Å². The number of fused-ring (bicyclic) bond motifs is 1. The monoisotopic (exact) mass is 493 g/mol. The predicted molar refractivity (Wildman–Crippen MR) is 145 cm³/mol. The third-order valence-corrected chi connectivity index (χ3v) is 5.99. The fourth-order valence-corrected chi connectivity index (χ4v) is 4.21. The topological polar surface area (TPSA) is 74.6 Å². The molecule has 0 spiro atoms. The van der Waals surface area contributed by atoms with E-state index in [-0.39, 0.29) is 12.5 Å². The first kappa shape index (κ1) is 27.3. The van der Waals surface area contributed by atoms with Gasteiger partial charge in [-0.15, -0.1) is 0 Å². The van der Waals surface area contributed by atoms with Crippen molar-refractivity contribution in [3.05, 3.63) is 59.9 Å². The lowest BCUT2D eigenvalue weighted by atomic mass is 10.2. The number of unbranched alkanes of at least 4 members (excludes halogenated alkanes) is 3. The number of carbonyl (C=O) groups excluding carboxylic acids is 1. The van der Waals surface area contributed by atoms with Crippen LogP contribution in [0, 0.1) is 0 Å². The lowest BCUT2D eigenvalue weighted by Gasteiger charge is -2.12. The van der Waals surface area contributed by atoms with Gasteiger partial charge >= 0.3 is 0 Å². The number of carbonyl (C=O) groups is 1. The highest BCUT2D eigenvalue weighted by atomic mass is 16.5. The SMILES string of the molecule is C/C=C/c1ccc(OCCCCn2c(CCCCCNC(=O)COC)nc3ccccc32)c(OC)c1. The molecule has 1 aromatic heterocycles. The molecule has 7 nitrogen and oxygen atoms in total. The molecule has 0 fully saturated rings. The van der Waals surface area contributed by atoms with Gasteiger partial charge in [-0.1, -0.05) is 36.8 Å². The zero-order chi connectivity index (χ0) is 25.6. The molecular weight excluding hydrogens is 454 g/mol. The molecule has 2 aromatic carbocycles. The first-order valence-corrected chi connectivity index (χ1v) is 12.8. The van der Waals surface area contributed by atoms with Crippen LogP contribution >= 0.6 is 0 Å². The Morgan fingerprint density at radius 1 is 1.03 bits per heavy atom. The summed E-state index contributed by atoms with van der Waals surface area (Å²) in [4.78, 5) is 16.4. The highest BCUT2D eigenvalue weighted by Gasteiger charge is 2.11. The Bertz CT molecular complexity index is 1120. The Kier molecular flexibility index (Phi) is 11.3. The zero-order valence-electron chi connectivity index (χ0n) is 21.8. The maximum atomic E-state index is 11.5. The Labute approximate surface area is 214 Å². The number of rotatable bonds is 16. The Morgan fingerprint density at radius 3 is 2.69 bits per heavy atom. The van der Waals surface area contributed by atoms with Crippen LogP contribution in [0.5, 0.6) is 11.5 Å². The molecule has 0 unspecified atom stereocenters. The van der Waals surface area contributed by atoms with Crippen LogP contribution in [0.3, 0.4) is 0 Å². The third-order valence-electron chi connectivity index (χ3n) is 5.99. The first-order chi connectivity index (χ1) is 17.7. The number of hydrogen-bond acceptors (Lipinski definition) is 5. The maximum absolute atomic E-state index is 11.5. The minimum Gasteiger partial charge on any atom is -0.493 e. The van der Waals surface area contributed by atoms with E-state index in [0.717, 1.165) is 73.5 Å². The number of para-hydroxylation sites is 2. The molecule has 0 saturated heterocycles. The van der Waals surface area contributed by atoms with Crippen LogP contribution in [-0.4, -0.2) is 49.4 Å². The molecule has 0 atom stereocenters. The second-order valence-corrected chi connectivity index (χ2v) is 8.73. The van der Waals surface area contributed by atoms with Crippen LogP contribution in [0.25, 0.3) is 17.1 Å². The fraction of sp³-hybridized carbons (Fsp3) is 0.448. The molecule has 36 heavy (non-hydrogen) atoms. The van der Waals surface area contributed by atoms with Gasteiger partial charge < -0.3 is 24.1 Å². The molecule has 7 heteroatoms. The van der Waals surface area contributed by atoms with Crippen LogP contribution < -0.4 is 14.8 Å². The summed E-state index contributed by atoms with van der Waals surface area (Å²) in [5.74, 6) is 2.60. The van der Waals surface area contributed by atoms with E-state index in [1.54, 1.807) is 7.11 Å². The van der Waals surface area contributed by atoms with Crippen molar-refractivity contribution in [2.24, 2.45) is 0 Å². The van der Waals surface area contributed by atoms with E-state index in [9.17, 15) is 4.79 Å². The number of nitrogens with zero attached hydrogens (tertiary/aromatic N) is 2. The standard InChI is InChI=1S/C29H39N3O4/c1-4-12-23-16-17-26(27(21-23)35-3)36-20-11-10-19-32-25-14-8-7-13-24(25)31-28(32)15-6-5-9-18-30-29(33)22-34-2/h4,7-8,12-14,16-17,21H,5-6,9-11,15,18-20,22H2,1-3H3,(H,30,33)/b12-4+. The number of hydrogen-bond donors (Lipinski definition) is 1. The van der Waals surface area contributed by atoms with Gasteiger partial charge in [0.15, 0.2) is 11.5 Å². The minimum atomic E-state index is -0.0626. The van der Waals surface area contributed by atoms with Gasteiger partial charge in [-0.3, -0.25) is 4.79 Å². The second kappa shape index (κ2) is 14.9. The van der Waals surface area contributed by atoms with E-state index in [1.807, 2.05) is 43.3 Å². The van der Waals surface area contributed by atoms with Gasteiger partial charge in [0.1, 0.15) is 12.4 Å². The summed E-state index contributed by atoms with van der Waals surface area (Å²) in [6, 6.07) is 14.3. The summed E-state index contributed by atoms with van der Waals surface area (Å²) in [7, 11) is 3.20. The van der Waals surface area contributed by atoms with Crippen LogP contribution in [-0.2, 0) is 22.5 Å². The van der Waals surface area contributed by atoms with Crippen molar-refractivity contribution in [1.29, 1.82) is 0 Å². The molecule has 0 aliphatic heterocycles. The predicted octanol–water partition coefficient (Wildman–Crippen LogP) is 5.41. The average molecular weight is 494 g/mol. The maximum Gasteiger partial charge on any atom is 0.245 e. The summed E-state index contributed by atoms with van der Waals surface area (Å²) >= 11 is 0. The normalized spacial score (nSPS) is 11.3. The molecule has 0 bridgehead atoms. The van der Waals surface area contributed by atoms with Crippen molar-refractivity contribution in [3.63, 3.8) is 0 Å². The zero-order valence-corrected chi connectivity index (χ0v) is 21.8. The van der Waals surface area contributed by atoms with Gasteiger partial charge in [-0.05, 0) is 62.4 Å². The third kappa shape index (κ3) is 8.12. The van der Waals surface area contributed by atoms with Gasteiger partial charge in [-0.25, -0.2) is 4.98 Å². The lowest BCUT2D eigenvalue weighted by molar-refractivity contribution is -0.124. The van der Waals surface area contributed by atoms with E-state index in [2.05, 4.69) is 28.1 Å². The minimum absolute atomic E-state index is 0.0626. The second-order valence-electron chi connectivity index (χ2n) is 8.73. The average Bonchev–Trinajstić information content (AvgIpc) is 3.24. The number of aryl methyl sites for hydroxylation is 2. The lowest BCUT2D eigenvalue weighted by Crippen LogP contribution is -2.27. The molecule has 0 aliphatic rings. The molecule has 1 N–H and O–H groups in total. The molecule has 194 valence electrons.